The Hall–Kier alpha value is -2.04. The largest absolute Gasteiger partial charge is 0.481 e. The Labute approximate surface area is 125 Å². The fraction of sp³-hybridized carbons (Fsp3) is 0.500. The van der Waals surface area contributed by atoms with Crippen LogP contribution in [0.4, 0.5) is 10.5 Å². The van der Waals surface area contributed by atoms with Crippen molar-refractivity contribution >= 4 is 17.7 Å². The van der Waals surface area contributed by atoms with Crippen LogP contribution in [0.25, 0.3) is 0 Å². The number of carboxylic acids is 1. The number of anilines is 1. The molecule has 116 valence electrons. The number of carboxylic acid groups (broad SMARTS) is 1. The molecule has 0 aliphatic carbocycles. The van der Waals surface area contributed by atoms with Crippen molar-refractivity contribution in [2.24, 2.45) is 0 Å². The summed E-state index contributed by atoms with van der Waals surface area (Å²) in [6, 6.07) is 7.14. The van der Waals surface area contributed by atoms with Gasteiger partial charge in [0.25, 0.3) is 0 Å². The fourth-order valence-corrected chi connectivity index (χ4v) is 1.92. The van der Waals surface area contributed by atoms with E-state index < -0.39 is 23.1 Å². The third kappa shape index (κ3) is 5.85. The molecule has 0 bridgehead atoms. The van der Waals surface area contributed by atoms with Gasteiger partial charge in [-0.2, -0.15) is 0 Å². The van der Waals surface area contributed by atoms with Crippen LogP contribution >= 0.6 is 0 Å². The number of rotatable bonds is 4. The summed E-state index contributed by atoms with van der Waals surface area (Å²) in [6.07, 6.45) is -0.515. The van der Waals surface area contributed by atoms with Crippen molar-refractivity contribution in [2.75, 3.05) is 5.32 Å². The highest BCUT2D eigenvalue weighted by molar-refractivity contribution is 5.85. The van der Waals surface area contributed by atoms with E-state index in [0.29, 0.717) is 5.69 Å². The van der Waals surface area contributed by atoms with Gasteiger partial charge in [0, 0.05) is 11.1 Å². The molecule has 0 fully saturated rings. The molecule has 21 heavy (non-hydrogen) atoms. The van der Waals surface area contributed by atoms with Gasteiger partial charge in [-0.15, -0.1) is 0 Å². The minimum absolute atomic E-state index is 0.0168. The quantitative estimate of drug-likeness (QED) is 0.885. The first-order chi connectivity index (χ1) is 9.49. The summed E-state index contributed by atoms with van der Waals surface area (Å²) in [5.74, 6) is -0.856. The van der Waals surface area contributed by atoms with Gasteiger partial charge in [0.2, 0.25) is 0 Å². The zero-order valence-corrected chi connectivity index (χ0v) is 13.2. The molecule has 1 amide bonds. The topological polar surface area (TPSA) is 75.6 Å². The van der Waals surface area contributed by atoms with Crippen LogP contribution in [0.1, 0.15) is 46.6 Å². The minimum atomic E-state index is -0.856. The van der Waals surface area contributed by atoms with E-state index >= 15 is 0 Å². The van der Waals surface area contributed by atoms with E-state index in [1.54, 1.807) is 39.0 Å². The van der Waals surface area contributed by atoms with Crippen molar-refractivity contribution in [3.63, 3.8) is 0 Å². The number of hydrogen-bond donors (Lipinski definition) is 2. The number of hydrogen-bond acceptors (Lipinski definition) is 3. The van der Waals surface area contributed by atoms with Crippen LogP contribution in [0, 0.1) is 0 Å². The second kappa shape index (κ2) is 6.16. The van der Waals surface area contributed by atoms with E-state index in [1.165, 1.54) is 0 Å². The molecule has 0 aromatic heterocycles. The molecule has 0 spiro atoms. The smallest absolute Gasteiger partial charge is 0.412 e. The summed E-state index contributed by atoms with van der Waals surface area (Å²) in [7, 11) is 0. The molecular formula is C16H23NO4. The summed E-state index contributed by atoms with van der Waals surface area (Å²) >= 11 is 0. The molecule has 1 aromatic carbocycles. The molecule has 0 saturated carbocycles. The molecule has 1 aromatic rings. The molecule has 5 heteroatoms. The maximum absolute atomic E-state index is 11.7. The Morgan fingerprint density at radius 3 is 2.33 bits per heavy atom. The van der Waals surface area contributed by atoms with Crippen molar-refractivity contribution in [3.05, 3.63) is 29.8 Å². The second-order valence-electron chi connectivity index (χ2n) is 6.66. The standard InChI is InChI=1S/C16H23NO4/c1-15(2,3)21-14(20)17-12-8-6-7-11(9-12)16(4,5)10-13(18)19/h6-9H,10H2,1-5H3,(H,17,20)(H,18,19). The van der Waals surface area contributed by atoms with Crippen LogP contribution in [-0.4, -0.2) is 22.8 Å². The van der Waals surface area contributed by atoms with Crippen molar-refractivity contribution in [1.82, 2.24) is 0 Å². The van der Waals surface area contributed by atoms with Gasteiger partial charge in [0.05, 0.1) is 6.42 Å². The third-order valence-corrected chi connectivity index (χ3v) is 2.88. The Kier molecular flexibility index (Phi) is 4.99. The third-order valence-electron chi connectivity index (χ3n) is 2.88. The highest BCUT2D eigenvalue weighted by Gasteiger charge is 2.24. The van der Waals surface area contributed by atoms with Crippen molar-refractivity contribution in [2.45, 2.75) is 52.1 Å². The molecule has 5 nitrogen and oxygen atoms in total. The van der Waals surface area contributed by atoms with Crippen LogP contribution in [0.2, 0.25) is 0 Å². The van der Waals surface area contributed by atoms with Crippen molar-refractivity contribution in [3.8, 4) is 0 Å². The highest BCUT2D eigenvalue weighted by atomic mass is 16.6. The van der Waals surface area contributed by atoms with Gasteiger partial charge >= 0.3 is 12.1 Å². The summed E-state index contributed by atoms with van der Waals surface area (Å²) in [4.78, 5) is 22.7. The molecule has 1 rings (SSSR count). The second-order valence-corrected chi connectivity index (χ2v) is 6.66. The summed E-state index contributed by atoms with van der Waals surface area (Å²) < 4.78 is 5.19. The zero-order valence-electron chi connectivity index (χ0n) is 13.2. The Balaban J connectivity index is 2.86. The molecule has 2 N–H and O–H groups in total. The number of amides is 1. The first-order valence-electron chi connectivity index (χ1n) is 6.82. The van der Waals surface area contributed by atoms with Gasteiger partial charge in [0.1, 0.15) is 5.60 Å². The molecule has 0 heterocycles. The Bertz CT molecular complexity index is 529. The molecule has 0 aliphatic heterocycles. The average Bonchev–Trinajstić information content (AvgIpc) is 2.24. The summed E-state index contributed by atoms with van der Waals surface area (Å²) in [5.41, 5.74) is 0.348. The maximum Gasteiger partial charge on any atom is 0.412 e. The summed E-state index contributed by atoms with van der Waals surface area (Å²) in [6.45, 7) is 9.08. The van der Waals surface area contributed by atoms with Crippen LogP contribution < -0.4 is 5.32 Å². The van der Waals surface area contributed by atoms with Gasteiger partial charge in [0.15, 0.2) is 0 Å². The van der Waals surface area contributed by atoms with E-state index in [1.807, 2.05) is 19.9 Å². The van der Waals surface area contributed by atoms with Crippen LogP contribution in [-0.2, 0) is 14.9 Å². The van der Waals surface area contributed by atoms with Gasteiger partial charge in [-0.1, -0.05) is 26.0 Å². The van der Waals surface area contributed by atoms with Crippen molar-refractivity contribution < 1.29 is 19.4 Å². The number of benzene rings is 1. The van der Waals surface area contributed by atoms with Gasteiger partial charge in [-0.25, -0.2) is 4.79 Å². The molecule has 0 radical (unpaired) electrons. The van der Waals surface area contributed by atoms with Gasteiger partial charge < -0.3 is 9.84 Å². The van der Waals surface area contributed by atoms with Crippen molar-refractivity contribution in [1.29, 1.82) is 0 Å². The van der Waals surface area contributed by atoms with E-state index in [-0.39, 0.29) is 6.42 Å². The maximum atomic E-state index is 11.7. The Morgan fingerprint density at radius 2 is 1.81 bits per heavy atom. The number of carbonyl (C=O) groups is 2. The lowest BCUT2D eigenvalue weighted by molar-refractivity contribution is -0.138. The first-order valence-corrected chi connectivity index (χ1v) is 6.82. The van der Waals surface area contributed by atoms with E-state index in [9.17, 15) is 9.59 Å². The lowest BCUT2D eigenvalue weighted by Crippen LogP contribution is -2.27. The lowest BCUT2D eigenvalue weighted by atomic mass is 9.81. The first kappa shape index (κ1) is 17.0. The van der Waals surface area contributed by atoms with E-state index in [2.05, 4.69) is 5.32 Å². The number of nitrogens with one attached hydrogen (secondary N) is 1. The van der Waals surface area contributed by atoms with Crippen LogP contribution in [0.5, 0.6) is 0 Å². The molecular weight excluding hydrogens is 270 g/mol. The monoisotopic (exact) mass is 293 g/mol. The Morgan fingerprint density at radius 1 is 1.19 bits per heavy atom. The van der Waals surface area contributed by atoms with Gasteiger partial charge in [-0.05, 0) is 38.5 Å². The highest BCUT2D eigenvalue weighted by Crippen LogP contribution is 2.29. The fourth-order valence-electron chi connectivity index (χ4n) is 1.92. The normalized spacial score (nSPS) is 11.9. The molecule has 0 unspecified atom stereocenters. The average molecular weight is 293 g/mol. The predicted octanol–water partition coefficient (Wildman–Crippen LogP) is 3.79. The molecule has 0 saturated heterocycles. The van der Waals surface area contributed by atoms with Gasteiger partial charge in [-0.3, -0.25) is 10.1 Å². The zero-order chi connectivity index (χ0) is 16.3. The lowest BCUT2D eigenvalue weighted by Gasteiger charge is -2.24. The predicted molar refractivity (Wildman–Crippen MR) is 81.6 cm³/mol. The van der Waals surface area contributed by atoms with Crippen LogP contribution in [0.15, 0.2) is 24.3 Å². The van der Waals surface area contributed by atoms with Crippen LogP contribution in [0.3, 0.4) is 0 Å². The number of ether oxygens (including phenoxy) is 1. The van der Waals surface area contributed by atoms with E-state index in [4.69, 9.17) is 9.84 Å². The molecule has 0 aliphatic rings. The number of aliphatic carboxylic acids is 1. The number of carbonyl (C=O) groups excluding carboxylic acids is 1. The minimum Gasteiger partial charge on any atom is -0.481 e. The van der Waals surface area contributed by atoms with E-state index in [0.717, 1.165) is 5.56 Å². The molecule has 0 atom stereocenters. The summed E-state index contributed by atoms with van der Waals surface area (Å²) in [5, 5.41) is 11.6. The SMILES string of the molecule is CC(C)(C)OC(=O)Nc1cccc(C(C)(C)CC(=O)O)c1.